The number of ether oxygens (including phenoxy) is 2. The lowest BCUT2D eigenvalue weighted by molar-refractivity contribution is -0.154. The minimum atomic E-state index is -4.60. The van der Waals surface area contributed by atoms with Crippen LogP contribution in [0.5, 0.6) is 0 Å². The SMILES string of the molecule is CC/C=C\C/C=C\C/C=C\CCCCCCCCOCC(COP(=O)(O)OCC(N)C(=O)O)OC(=O)CCCCCCCCCC. The lowest BCUT2D eigenvalue weighted by Gasteiger charge is -2.20. The number of carboxylic acid groups (broad SMARTS) is 1. The minimum absolute atomic E-state index is 0.00870. The number of nitrogens with two attached hydrogens (primary N) is 1. The van der Waals surface area contributed by atoms with Gasteiger partial charge in [0.2, 0.25) is 0 Å². The normalized spacial score (nSPS) is 14.7. The zero-order valence-electron chi connectivity index (χ0n) is 28.7. The van der Waals surface area contributed by atoms with Gasteiger partial charge < -0.3 is 25.2 Å². The Hall–Kier alpha value is -1.81. The Morgan fingerprint density at radius 2 is 1.26 bits per heavy atom. The molecule has 3 atom stereocenters. The number of allylic oxidation sites excluding steroid dienone is 6. The zero-order valence-corrected chi connectivity index (χ0v) is 29.6. The second-order valence-electron chi connectivity index (χ2n) is 11.6. The van der Waals surface area contributed by atoms with Gasteiger partial charge in [0, 0.05) is 13.0 Å². The molecule has 0 bridgehead atoms. The van der Waals surface area contributed by atoms with Crippen molar-refractivity contribution in [3.05, 3.63) is 36.5 Å². The molecule has 0 aromatic carbocycles. The molecule has 0 saturated carbocycles. The molecular weight excluding hydrogens is 609 g/mol. The molecule has 46 heavy (non-hydrogen) atoms. The highest BCUT2D eigenvalue weighted by molar-refractivity contribution is 7.47. The van der Waals surface area contributed by atoms with Gasteiger partial charge in [-0.2, -0.15) is 0 Å². The summed E-state index contributed by atoms with van der Waals surface area (Å²) in [6.07, 6.45) is 32.1. The summed E-state index contributed by atoms with van der Waals surface area (Å²) in [4.78, 5) is 33.2. The van der Waals surface area contributed by atoms with Crippen molar-refractivity contribution < 1.29 is 42.7 Å². The molecule has 10 nitrogen and oxygen atoms in total. The van der Waals surface area contributed by atoms with Crippen molar-refractivity contribution in [2.24, 2.45) is 5.73 Å². The number of esters is 1. The fraction of sp³-hybridized carbons (Fsp3) is 0.771. The van der Waals surface area contributed by atoms with Gasteiger partial charge in [0.15, 0.2) is 0 Å². The van der Waals surface area contributed by atoms with Crippen molar-refractivity contribution in [2.75, 3.05) is 26.4 Å². The molecule has 0 aliphatic heterocycles. The molecule has 0 heterocycles. The fourth-order valence-electron chi connectivity index (χ4n) is 4.44. The topological polar surface area (TPSA) is 155 Å². The summed E-state index contributed by atoms with van der Waals surface area (Å²) in [7, 11) is -4.60. The number of hydrogen-bond donors (Lipinski definition) is 3. The monoisotopic (exact) mass is 673 g/mol. The van der Waals surface area contributed by atoms with Gasteiger partial charge in [0.05, 0.1) is 19.8 Å². The maximum Gasteiger partial charge on any atom is 0.472 e. The van der Waals surface area contributed by atoms with Crippen molar-refractivity contribution in [1.29, 1.82) is 0 Å². The van der Waals surface area contributed by atoms with Gasteiger partial charge in [-0.25, -0.2) is 4.57 Å². The predicted octanol–water partition coefficient (Wildman–Crippen LogP) is 8.58. The lowest BCUT2D eigenvalue weighted by atomic mass is 10.1. The third-order valence-corrected chi connectivity index (χ3v) is 8.13. The van der Waals surface area contributed by atoms with Gasteiger partial charge >= 0.3 is 19.8 Å². The Morgan fingerprint density at radius 3 is 1.89 bits per heavy atom. The van der Waals surface area contributed by atoms with Crippen molar-refractivity contribution in [3.8, 4) is 0 Å². The van der Waals surface area contributed by atoms with Crippen molar-refractivity contribution in [1.82, 2.24) is 0 Å². The second kappa shape index (κ2) is 31.8. The van der Waals surface area contributed by atoms with E-state index in [1.54, 1.807) is 0 Å². The maximum absolute atomic E-state index is 12.4. The summed E-state index contributed by atoms with van der Waals surface area (Å²) in [5.41, 5.74) is 5.32. The highest BCUT2D eigenvalue weighted by atomic mass is 31.2. The van der Waals surface area contributed by atoms with Crippen LogP contribution in [-0.2, 0) is 32.7 Å². The smallest absolute Gasteiger partial charge is 0.472 e. The average molecular weight is 674 g/mol. The Morgan fingerprint density at radius 1 is 0.717 bits per heavy atom. The number of carbonyl (C=O) groups excluding carboxylic acids is 1. The first kappa shape index (κ1) is 44.2. The molecule has 0 aromatic rings. The number of phosphoric acid groups is 1. The lowest BCUT2D eigenvalue weighted by Crippen LogP contribution is -2.34. The van der Waals surface area contributed by atoms with Gasteiger partial charge in [-0.15, -0.1) is 0 Å². The number of aliphatic carboxylic acids is 1. The van der Waals surface area contributed by atoms with Gasteiger partial charge in [-0.05, 0) is 44.9 Å². The summed E-state index contributed by atoms with van der Waals surface area (Å²) in [6, 6.07) is -1.47. The molecule has 0 saturated heterocycles. The molecule has 268 valence electrons. The first-order valence-electron chi connectivity index (χ1n) is 17.5. The molecule has 0 amide bonds. The molecule has 0 fully saturated rings. The molecule has 0 spiro atoms. The van der Waals surface area contributed by atoms with E-state index in [1.807, 2.05) is 0 Å². The van der Waals surface area contributed by atoms with Crippen LogP contribution in [0.4, 0.5) is 0 Å². The van der Waals surface area contributed by atoms with Crippen LogP contribution < -0.4 is 5.73 Å². The first-order valence-corrected chi connectivity index (χ1v) is 19.0. The molecule has 4 N–H and O–H groups in total. The summed E-state index contributed by atoms with van der Waals surface area (Å²) in [5.74, 6) is -1.79. The highest BCUT2D eigenvalue weighted by Crippen LogP contribution is 2.43. The van der Waals surface area contributed by atoms with Crippen LogP contribution in [0.1, 0.15) is 136 Å². The van der Waals surface area contributed by atoms with E-state index in [2.05, 4.69) is 54.8 Å². The van der Waals surface area contributed by atoms with Crippen molar-refractivity contribution >= 4 is 19.8 Å². The molecule has 11 heteroatoms. The van der Waals surface area contributed by atoms with Crippen LogP contribution >= 0.6 is 7.82 Å². The summed E-state index contributed by atoms with van der Waals surface area (Å²) >= 11 is 0. The van der Waals surface area contributed by atoms with E-state index in [0.717, 1.165) is 64.2 Å². The van der Waals surface area contributed by atoms with E-state index in [4.69, 9.17) is 24.8 Å². The largest absolute Gasteiger partial charge is 0.480 e. The molecule has 3 unspecified atom stereocenters. The van der Waals surface area contributed by atoms with E-state index in [9.17, 15) is 19.0 Å². The van der Waals surface area contributed by atoms with Gasteiger partial charge in [0.1, 0.15) is 12.1 Å². The Balaban J connectivity index is 4.30. The number of rotatable bonds is 33. The third kappa shape index (κ3) is 30.8. The van der Waals surface area contributed by atoms with Crippen LogP contribution in [0, 0.1) is 0 Å². The molecular formula is C35H64NO9P. The van der Waals surface area contributed by atoms with Crippen molar-refractivity contribution in [3.63, 3.8) is 0 Å². The maximum atomic E-state index is 12.4. The summed E-state index contributed by atoms with van der Waals surface area (Å²) in [5, 5.41) is 8.83. The summed E-state index contributed by atoms with van der Waals surface area (Å²) < 4.78 is 33.0. The third-order valence-electron chi connectivity index (χ3n) is 7.18. The van der Waals surface area contributed by atoms with E-state index < -0.39 is 45.1 Å². The van der Waals surface area contributed by atoms with Crippen LogP contribution in [0.3, 0.4) is 0 Å². The van der Waals surface area contributed by atoms with Gasteiger partial charge in [0.25, 0.3) is 0 Å². The van der Waals surface area contributed by atoms with Gasteiger partial charge in [-0.3, -0.25) is 18.6 Å². The predicted molar refractivity (Wildman–Crippen MR) is 185 cm³/mol. The number of carboxylic acids is 1. The molecule has 0 aliphatic carbocycles. The van der Waals surface area contributed by atoms with Crippen LogP contribution in [0.25, 0.3) is 0 Å². The van der Waals surface area contributed by atoms with Crippen LogP contribution in [0.15, 0.2) is 36.5 Å². The number of carbonyl (C=O) groups is 2. The average Bonchev–Trinajstić information content (AvgIpc) is 3.03. The van der Waals surface area contributed by atoms with E-state index >= 15 is 0 Å². The highest BCUT2D eigenvalue weighted by Gasteiger charge is 2.27. The van der Waals surface area contributed by atoms with Crippen molar-refractivity contribution in [2.45, 2.75) is 148 Å². The standard InChI is InChI=1S/C35H64NO9P/c1-3-5-7-9-11-13-14-15-16-17-18-19-20-22-24-26-28-42-29-32(30-43-46(40,41)44-31-33(36)35(38)39)45-34(37)27-25-23-21-12-10-8-6-4-2/h5,7,11,13,15-16,32-33H,3-4,6,8-10,12,14,17-31,36H2,1-2H3,(H,38,39)(H,40,41)/b7-5-,13-11-,16-15-. The first-order chi connectivity index (χ1) is 22.2. The number of hydrogen-bond acceptors (Lipinski definition) is 8. The molecule has 0 rings (SSSR count). The Kier molecular flexibility index (Phi) is 30.5. The van der Waals surface area contributed by atoms with E-state index in [-0.39, 0.29) is 13.0 Å². The summed E-state index contributed by atoms with van der Waals surface area (Å²) in [6.45, 7) is 3.68. The Labute approximate surface area is 278 Å². The Bertz CT molecular complexity index is 878. The zero-order chi connectivity index (χ0) is 34.1. The number of phosphoric ester groups is 1. The molecule has 0 aromatic heterocycles. The minimum Gasteiger partial charge on any atom is -0.480 e. The second-order valence-corrected chi connectivity index (χ2v) is 13.1. The molecule has 0 radical (unpaired) electrons. The van der Waals surface area contributed by atoms with Gasteiger partial charge in [-0.1, -0.05) is 121 Å². The molecule has 0 aliphatic rings. The van der Waals surface area contributed by atoms with Crippen LogP contribution in [-0.4, -0.2) is 60.5 Å². The van der Waals surface area contributed by atoms with E-state index in [0.29, 0.717) is 13.0 Å². The van der Waals surface area contributed by atoms with Crippen LogP contribution in [0.2, 0.25) is 0 Å². The number of unbranched alkanes of at least 4 members (excludes halogenated alkanes) is 13. The van der Waals surface area contributed by atoms with E-state index in [1.165, 1.54) is 44.9 Å². The fourth-order valence-corrected chi connectivity index (χ4v) is 5.22. The quantitative estimate of drug-likeness (QED) is 0.0267.